The molecule has 1 saturated heterocycles. The number of aliphatic hydroxyl groups is 1. The summed E-state index contributed by atoms with van der Waals surface area (Å²) in [4.78, 5) is 17.8. The van der Waals surface area contributed by atoms with E-state index in [4.69, 9.17) is 14.2 Å². The second kappa shape index (κ2) is 9.40. The number of nitrogens with zero attached hydrogens (tertiary/aromatic N) is 1. The fraction of sp³-hybridized carbons (Fsp3) is 0.375. The van der Waals surface area contributed by atoms with Crippen molar-refractivity contribution in [3.63, 3.8) is 0 Å². The van der Waals surface area contributed by atoms with E-state index in [9.17, 15) is 9.90 Å². The highest BCUT2D eigenvalue weighted by Crippen LogP contribution is 2.42. The van der Waals surface area contributed by atoms with E-state index in [1.165, 1.54) is 7.11 Å². The number of aromatic amines is 1. The highest BCUT2D eigenvalue weighted by Gasteiger charge is 2.19. The third-order valence-corrected chi connectivity index (χ3v) is 5.84. The molecule has 32 heavy (non-hydrogen) atoms. The van der Waals surface area contributed by atoms with Crippen LogP contribution in [-0.4, -0.2) is 50.6 Å². The van der Waals surface area contributed by atoms with Gasteiger partial charge in [-0.1, -0.05) is 0 Å². The van der Waals surface area contributed by atoms with Gasteiger partial charge in [-0.3, -0.25) is 4.79 Å². The van der Waals surface area contributed by atoms with Crippen LogP contribution in [0.25, 0.3) is 10.9 Å². The second-order valence-electron chi connectivity index (χ2n) is 7.87. The highest BCUT2D eigenvalue weighted by atomic mass is 16.5. The maximum atomic E-state index is 12.7. The quantitative estimate of drug-likeness (QED) is 0.521. The molecule has 1 atom stereocenters. The lowest BCUT2D eigenvalue weighted by atomic mass is 10.1. The summed E-state index contributed by atoms with van der Waals surface area (Å²) in [6.07, 6.45) is 1.59. The second-order valence-corrected chi connectivity index (χ2v) is 7.87. The summed E-state index contributed by atoms with van der Waals surface area (Å²) >= 11 is 0. The molecule has 1 aliphatic heterocycles. The van der Waals surface area contributed by atoms with E-state index in [1.54, 1.807) is 20.3 Å². The third kappa shape index (κ3) is 4.31. The number of fused-ring (bicyclic) bond motifs is 1. The summed E-state index contributed by atoms with van der Waals surface area (Å²) in [5, 5.41) is 13.9. The van der Waals surface area contributed by atoms with E-state index in [0.717, 1.165) is 36.1 Å². The van der Waals surface area contributed by atoms with Crippen molar-refractivity contribution in [3.05, 3.63) is 52.3 Å². The van der Waals surface area contributed by atoms with E-state index < -0.39 is 0 Å². The van der Waals surface area contributed by atoms with Crippen LogP contribution in [0.15, 0.2) is 41.2 Å². The molecule has 8 nitrogen and oxygen atoms in total. The monoisotopic (exact) mass is 439 g/mol. The van der Waals surface area contributed by atoms with Gasteiger partial charge in [-0.25, -0.2) is 0 Å². The van der Waals surface area contributed by atoms with Crippen LogP contribution in [0.5, 0.6) is 17.2 Å². The van der Waals surface area contributed by atoms with E-state index in [-0.39, 0.29) is 11.7 Å². The lowest BCUT2D eigenvalue weighted by molar-refractivity contribution is 0.154. The summed E-state index contributed by atoms with van der Waals surface area (Å²) in [6.45, 7) is 1.96. The first kappa shape index (κ1) is 21.8. The van der Waals surface area contributed by atoms with E-state index in [1.807, 2.05) is 30.3 Å². The van der Waals surface area contributed by atoms with Gasteiger partial charge < -0.3 is 34.5 Å². The van der Waals surface area contributed by atoms with Gasteiger partial charge in [0.15, 0.2) is 11.5 Å². The van der Waals surface area contributed by atoms with Crippen LogP contribution in [0.4, 0.5) is 11.4 Å². The lowest BCUT2D eigenvalue weighted by Gasteiger charge is -2.32. The van der Waals surface area contributed by atoms with Crippen LogP contribution < -0.4 is 30.0 Å². The SMILES string of the molecule is COc1cc2[nH]c(=O)c(CNc3ccc(N4CCCC(O)C4)cc3)cc2c(OC)c1OC. The molecule has 0 radical (unpaired) electrons. The van der Waals surface area contributed by atoms with Gasteiger partial charge in [-0.15, -0.1) is 0 Å². The molecule has 0 aliphatic carbocycles. The molecule has 170 valence electrons. The first-order valence-electron chi connectivity index (χ1n) is 10.7. The van der Waals surface area contributed by atoms with Crippen molar-refractivity contribution < 1.29 is 19.3 Å². The van der Waals surface area contributed by atoms with Crippen LogP contribution in [0.3, 0.4) is 0 Å². The number of piperidine rings is 1. The number of hydrogen-bond donors (Lipinski definition) is 3. The Labute approximate surface area is 186 Å². The maximum absolute atomic E-state index is 12.7. The Morgan fingerprint density at radius 3 is 2.50 bits per heavy atom. The zero-order valence-electron chi connectivity index (χ0n) is 18.6. The first-order chi connectivity index (χ1) is 15.5. The molecule has 1 fully saturated rings. The van der Waals surface area contributed by atoms with E-state index >= 15 is 0 Å². The first-order valence-corrected chi connectivity index (χ1v) is 10.7. The molecule has 4 rings (SSSR count). The van der Waals surface area contributed by atoms with Crippen molar-refractivity contribution in [1.82, 2.24) is 4.98 Å². The number of pyridine rings is 1. The van der Waals surface area contributed by atoms with Crippen molar-refractivity contribution >= 4 is 22.3 Å². The van der Waals surface area contributed by atoms with Crippen molar-refractivity contribution in [2.75, 3.05) is 44.6 Å². The molecule has 2 aromatic carbocycles. The fourth-order valence-corrected chi connectivity index (χ4v) is 4.18. The minimum Gasteiger partial charge on any atom is -0.493 e. The van der Waals surface area contributed by atoms with Crippen molar-refractivity contribution in [2.24, 2.45) is 0 Å². The molecule has 8 heteroatoms. The summed E-state index contributed by atoms with van der Waals surface area (Å²) in [7, 11) is 4.65. The number of aliphatic hydroxyl groups excluding tert-OH is 1. The third-order valence-electron chi connectivity index (χ3n) is 5.84. The summed E-state index contributed by atoms with van der Waals surface area (Å²) in [5.74, 6) is 1.47. The molecular formula is C24H29N3O5. The smallest absolute Gasteiger partial charge is 0.253 e. The zero-order chi connectivity index (χ0) is 22.7. The van der Waals surface area contributed by atoms with Gasteiger partial charge in [0.1, 0.15) is 0 Å². The fourth-order valence-electron chi connectivity index (χ4n) is 4.18. The van der Waals surface area contributed by atoms with Crippen LogP contribution >= 0.6 is 0 Å². The number of nitrogens with one attached hydrogen (secondary N) is 2. The number of methoxy groups -OCH3 is 3. The van der Waals surface area contributed by atoms with Gasteiger partial charge in [0, 0.05) is 48.0 Å². The molecule has 2 heterocycles. The highest BCUT2D eigenvalue weighted by molar-refractivity contribution is 5.90. The number of rotatable bonds is 7. The molecule has 1 aliphatic rings. The molecule has 0 amide bonds. The number of aromatic nitrogens is 1. The Hall–Kier alpha value is -3.39. The van der Waals surface area contributed by atoms with Gasteiger partial charge >= 0.3 is 0 Å². The minimum atomic E-state index is -0.267. The normalized spacial score (nSPS) is 16.1. The van der Waals surface area contributed by atoms with Crippen molar-refractivity contribution in [2.45, 2.75) is 25.5 Å². The van der Waals surface area contributed by atoms with Crippen molar-refractivity contribution in [3.8, 4) is 17.2 Å². The largest absolute Gasteiger partial charge is 0.493 e. The lowest BCUT2D eigenvalue weighted by Crippen LogP contribution is -2.38. The Morgan fingerprint density at radius 2 is 1.84 bits per heavy atom. The van der Waals surface area contributed by atoms with Gasteiger partial charge in [-0.05, 0) is 43.2 Å². The maximum Gasteiger partial charge on any atom is 0.253 e. The Kier molecular flexibility index (Phi) is 6.41. The standard InChI is InChI=1S/C24H29N3O5/c1-30-21-12-20-19(22(31-2)23(21)32-3)11-15(24(29)26-20)13-25-16-6-8-17(9-7-16)27-10-4-5-18(28)14-27/h6-9,11-12,18,25,28H,4-5,10,13-14H2,1-3H3,(H,26,29). The number of ether oxygens (including phenoxy) is 3. The van der Waals surface area contributed by atoms with Crippen LogP contribution in [0.2, 0.25) is 0 Å². The number of benzene rings is 2. The molecule has 0 spiro atoms. The van der Waals surface area contributed by atoms with E-state index in [0.29, 0.717) is 41.4 Å². The predicted octanol–water partition coefficient (Wildman–Crippen LogP) is 3.13. The van der Waals surface area contributed by atoms with Crippen LogP contribution in [0.1, 0.15) is 18.4 Å². The summed E-state index contributed by atoms with van der Waals surface area (Å²) in [6, 6.07) is 11.6. The molecular weight excluding hydrogens is 410 g/mol. The Bertz CT molecular complexity index is 1140. The average molecular weight is 440 g/mol. The van der Waals surface area contributed by atoms with Gasteiger partial charge in [-0.2, -0.15) is 0 Å². The predicted molar refractivity (Wildman–Crippen MR) is 125 cm³/mol. The Balaban J connectivity index is 1.55. The van der Waals surface area contributed by atoms with E-state index in [2.05, 4.69) is 15.2 Å². The van der Waals surface area contributed by atoms with Gasteiger partial charge in [0.05, 0.1) is 33.0 Å². The van der Waals surface area contributed by atoms with Crippen molar-refractivity contribution in [1.29, 1.82) is 0 Å². The number of hydrogen-bond acceptors (Lipinski definition) is 7. The zero-order valence-corrected chi connectivity index (χ0v) is 18.6. The Morgan fingerprint density at radius 1 is 1.09 bits per heavy atom. The topological polar surface area (TPSA) is 96.1 Å². The van der Waals surface area contributed by atoms with Crippen LogP contribution in [-0.2, 0) is 6.54 Å². The molecule has 3 N–H and O–H groups in total. The number of β-amino-alcohol motifs (C(OH)–C–C–N with tert-alkyl or cyclic N) is 1. The molecule has 1 aromatic heterocycles. The van der Waals surface area contributed by atoms with Gasteiger partial charge in [0.25, 0.3) is 5.56 Å². The van der Waals surface area contributed by atoms with Crippen LogP contribution in [0, 0.1) is 0 Å². The molecule has 3 aromatic rings. The summed E-state index contributed by atoms with van der Waals surface area (Å²) < 4.78 is 16.4. The number of H-pyrrole nitrogens is 1. The molecule has 0 bridgehead atoms. The van der Waals surface area contributed by atoms with Gasteiger partial charge in [0.2, 0.25) is 5.75 Å². The molecule has 1 unspecified atom stereocenters. The summed E-state index contributed by atoms with van der Waals surface area (Å²) in [5.41, 5.74) is 3.00. The minimum absolute atomic E-state index is 0.182. The molecule has 0 saturated carbocycles. The average Bonchev–Trinajstić information content (AvgIpc) is 2.81. The number of anilines is 2.